The molecule has 1 unspecified atom stereocenters. The molecule has 0 bridgehead atoms. The second-order valence-electron chi connectivity index (χ2n) is 8.84. The van der Waals surface area contributed by atoms with Crippen molar-refractivity contribution in [3.05, 3.63) is 29.3 Å². The van der Waals surface area contributed by atoms with Crippen LogP contribution in [0.4, 0.5) is 0 Å². The Morgan fingerprint density at radius 2 is 1.41 bits per heavy atom. The molecule has 3 rings (SSSR count). The van der Waals surface area contributed by atoms with Gasteiger partial charge in [-0.05, 0) is 18.6 Å². The number of piperidine rings is 1. The third-order valence-corrected chi connectivity index (χ3v) is 7.69. The van der Waals surface area contributed by atoms with E-state index >= 15 is 0 Å². The lowest BCUT2D eigenvalue weighted by atomic mass is 10.0. The highest BCUT2D eigenvalue weighted by Gasteiger charge is 2.46. The van der Waals surface area contributed by atoms with Gasteiger partial charge in [-0.15, -0.1) is 0 Å². The quantitative estimate of drug-likeness (QED) is 0.145. The van der Waals surface area contributed by atoms with E-state index in [0.717, 1.165) is 4.90 Å². The number of carbonyl (C=O) groups is 5. The van der Waals surface area contributed by atoms with Gasteiger partial charge < -0.3 is 28.8 Å². The zero-order chi connectivity index (χ0) is 29.8. The van der Waals surface area contributed by atoms with E-state index in [1.807, 2.05) is 0 Å². The predicted molar refractivity (Wildman–Crippen MR) is 137 cm³/mol. The molecule has 2 heterocycles. The highest BCUT2D eigenvalue weighted by molar-refractivity contribution is 7.91. The predicted octanol–water partition coefficient (Wildman–Crippen LogP) is -0.971. The van der Waals surface area contributed by atoms with Crippen molar-refractivity contribution in [2.45, 2.75) is 23.8 Å². The lowest BCUT2D eigenvalue weighted by molar-refractivity contribution is -0.143. The molecule has 16 heteroatoms. The van der Waals surface area contributed by atoms with Gasteiger partial charge in [0.05, 0.1) is 81.2 Å². The summed E-state index contributed by atoms with van der Waals surface area (Å²) < 4.78 is 52.1. The number of rotatable bonds is 19. The van der Waals surface area contributed by atoms with E-state index in [1.165, 1.54) is 18.2 Å². The number of carboxylic acids is 1. The van der Waals surface area contributed by atoms with Crippen LogP contribution in [-0.4, -0.2) is 126 Å². The first-order chi connectivity index (χ1) is 19.6. The van der Waals surface area contributed by atoms with Crippen molar-refractivity contribution in [2.75, 3.05) is 71.8 Å². The van der Waals surface area contributed by atoms with E-state index in [1.54, 1.807) is 0 Å². The Kier molecular flexibility index (Phi) is 12.3. The second-order valence-corrected chi connectivity index (χ2v) is 10.9. The summed E-state index contributed by atoms with van der Waals surface area (Å²) >= 11 is 0. The van der Waals surface area contributed by atoms with E-state index in [4.69, 9.17) is 28.8 Å². The summed E-state index contributed by atoms with van der Waals surface area (Å²) in [5.74, 6) is -4.47. The van der Waals surface area contributed by atoms with E-state index in [-0.39, 0.29) is 75.1 Å². The van der Waals surface area contributed by atoms with Crippen molar-refractivity contribution in [2.24, 2.45) is 0 Å². The average molecular weight is 601 g/mol. The van der Waals surface area contributed by atoms with Crippen molar-refractivity contribution in [1.82, 2.24) is 10.2 Å². The summed E-state index contributed by atoms with van der Waals surface area (Å²) in [7, 11) is -4.03. The molecule has 1 saturated heterocycles. The number of nitrogens with one attached hydrogen (secondary N) is 1. The van der Waals surface area contributed by atoms with Crippen molar-refractivity contribution in [1.29, 1.82) is 0 Å². The van der Waals surface area contributed by atoms with Gasteiger partial charge in [-0.3, -0.25) is 29.4 Å². The van der Waals surface area contributed by atoms with Crippen LogP contribution >= 0.6 is 0 Å². The number of carbonyl (C=O) groups excluding carboxylic acids is 4. The third kappa shape index (κ3) is 9.11. The van der Waals surface area contributed by atoms with Crippen molar-refractivity contribution in [3.8, 4) is 0 Å². The van der Waals surface area contributed by atoms with E-state index in [0.29, 0.717) is 19.8 Å². The van der Waals surface area contributed by atoms with Crippen LogP contribution in [0.15, 0.2) is 23.1 Å². The Morgan fingerprint density at radius 1 is 0.854 bits per heavy atom. The van der Waals surface area contributed by atoms with Crippen LogP contribution in [0.25, 0.3) is 0 Å². The summed E-state index contributed by atoms with van der Waals surface area (Å²) in [4.78, 5) is 60.4. The van der Waals surface area contributed by atoms with Gasteiger partial charge >= 0.3 is 5.97 Å². The smallest absolute Gasteiger partial charge is 0.329 e. The Labute approximate surface area is 235 Å². The minimum atomic E-state index is -4.03. The number of fused-ring (bicyclic) bond motifs is 1. The molecule has 0 spiro atoms. The number of aliphatic carboxylic acids is 1. The summed E-state index contributed by atoms with van der Waals surface area (Å²) in [6, 6.07) is 2.71. The Balaban J connectivity index is 1.34. The molecular formula is C25H32N2O13S. The maximum absolute atomic E-state index is 13.1. The zero-order valence-corrected chi connectivity index (χ0v) is 23.0. The van der Waals surface area contributed by atoms with Crippen LogP contribution in [0, 0.1) is 0 Å². The van der Waals surface area contributed by atoms with E-state index in [2.05, 4.69) is 5.32 Å². The maximum Gasteiger partial charge on any atom is 0.329 e. The molecule has 1 aromatic rings. The minimum Gasteiger partial charge on any atom is -0.480 e. The third-order valence-electron chi connectivity index (χ3n) is 5.97. The molecule has 0 aromatic heterocycles. The molecule has 0 aliphatic carbocycles. The number of hydrogen-bond acceptors (Lipinski definition) is 12. The summed E-state index contributed by atoms with van der Waals surface area (Å²) in [5.41, 5.74) is -0.406. The van der Waals surface area contributed by atoms with Crippen LogP contribution in [0.2, 0.25) is 0 Å². The number of sulfone groups is 1. The van der Waals surface area contributed by atoms with Gasteiger partial charge in [-0.2, -0.15) is 0 Å². The molecular weight excluding hydrogens is 568 g/mol. The summed E-state index contributed by atoms with van der Waals surface area (Å²) in [5, 5.41) is 10.5. The first kappa shape index (κ1) is 32.2. The molecule has 0 saturated carbocycles. The number of ether oxygens (including phenoxy) is 5. The van der Waals surface area contributed by atoms with Crippen molar-refractivity contribution < 1.29 is 61.2 Å². The topological polar surface area (TPSA) is 201 Å². The van der Waals surface area contributed by atoms with Crippen LogP contribution in [0.1, 0.15) is 33.6 Å². The lowest BCUT2D eigenvalue weighted by Gasteiger charge is -2.27. The Bertz CT molecular complexity index is 1230. The molecule has 226 valence electrons. The molecule has 2 N–H and O–H groups in total. The number of hydrogen-bond donors (Lipinski definition) is 2. The number of benzene rings is 1. The fourth-order valence-electron chi connectivity index (χ4n) is 4.06. The van der Waals surface area contributed by atoms with Gasteiger partial charge in [0, 0.05) is 6.42 Å². The molecule has 41 heavy (non-hydrogen) atoms. The summed E-state index contributed by atoms with van der Waals surface area (Å²) in [6.45, 7) is 1.38. The zero-order valence-electron chi connectivity index (χ0n) is 22.2. The highest BCUT2D eigenvalue weighted by atomic mass is 32.2. The Morgan fingerprint density at radius 3 is 1.98 bits per heavy atom. The van der Waals surface area contributed by atoms with Gasteiger partial charge in [0.15, 0.2) is 9.84 Å². The molecule has 2 aliphatic rings. The molecule has 1 fully saturated rings. The van der Waals surface area contributed by atoms with Crippen molar-refractivity contribution >= 4 is 39.4 Å². The standard InChI is InChI=1S/C25H32N2O13S/c28-20-5-4-18(23(31)26-20)27-24(32)17-2-1-3-19(22(17)25(27)33)41(34,35)15-14-39-11-10-37-7-6-36-8-9-38-12-13-40-16-21(29)30/h1-3,18H,4-16H2,(H,29,30)(H,26,28,31). The van der Waals surface area contributed by atoms with Gasteiger partial charge in [0.1, 0.15) is 12.6 Å². The molecule has 1 atom stereocenters. The fraction of sp³-hybridized carbons (Fsp3) is 0.560. The summed E-state index contributed by atoms with van der Waals surface area (Å²) in [6.07, 6.45) is -0.0882. The first-order valence-electron chi connectivity index (χ1n) is 12.8. The van der Waals surface area contributed by atoms with E-state index < -0.39 is 51.2 Å². The second kappa shape index (κ2) is 15.6. The van der Waals surface area contributed by atoms with E-state index in [9.17, 15) is 32.4 Å². The molecule has 15 nitrogen and oxygen atoms in total. The average Bonchev–Trinajstić information content (AvgIpc) is 3.18. The molecule has 1 aromatic carbocycles. The monoisotopic (exact) mass is 600 g/mol. The van der Waals surface area contributed by atoms with Gasteiger partial charge in [-0.1, -0.05) is 6.07 Å². The molecule has 2 aliphatic heterocycles. The number of amides is 4. The number of imide groups is 2. The number of carboxylic acid groups (broad SMARTS) is 1. The highest BCUT2D eigenvalue weighted by Crippen LogP contribution is 2.32. The fourth-order valence-corrected chi connectivity index (χ4v) is 5.41. The van der Waals surface area contributed by atoms with Gasteiger partial charge in [0.2, 0.25) is 11.8 Å². The van der Waals surface area contributed by atoms with Crippen molar-refractivity contribution in [3.63, 3.8) is 0 Å². The largest absolute Gasteiger partial charge is 0.480 e. The maximum atomic E-state index is 13.1. The Hall–Kier alpha value is -3.28. The van der Waals surface area contributed by atoms with Gasteiger partial charge in [0.25, 0.3) is 11.8 Å². The van der Waals surface area contributed by atoms with Crippen LogP contribution in [-0.2, 0) is 47.9 Å². The van der Waals surface area contributed by atoms with Gasteiger partial charge in [-0.25, -0.2) is 13.2 Å². The lowest BCUT2D eigenvalue weighted by Crippen LogP contribution is -2.54. The SMILES string of the molecule is O=C(O)COCCOCCOCCOCCOCCS(=O)(=O)c1cccc2c1C(=O)N(C1CCC(=O)NC1=O)C2=O. The minimum absolute atomic E-state index is 0.0396. The first-order valence-corrected chi connectivity index (χ1v) is 14.5. The number of nitrogens with zero attached hydrogens (tertiary/aromatic N) is 1. The van der Waals surface area contributed by atoms with Crippen LogP contribution in [0.5, 0.6) is 0 Å². The molecule has 0 radical (unpaired) electrons. The van der Waals surface area contributed by atoms with Crippen LogP contribution < -0.4 is 5.32 Å². The molecule has 4 amide bonds. The normalized spacial score (nSPS) is 17.2. The van der Waals surface area contributed by atoms with Crippen LogP contribution in [0.3, 0.4) is 0 Å².